The highest BCUT2D eigenvalue weighted by Crippen LogP contribution is 2.38. The first-order valence-corrected chi connectivity index (χ1v) is 21.7. The predicted octanol–water partition coefficient (Wildman–Crippen LogP) is 8.99. The summed E-state index contributed by atoms with van der Waals surface area (Å²) in [5, 5.41) is 9.35. The topological polar surface area (TPSA) is 168 Å². The van der Waals surface area contributed by atoms with Crippen molar-refractivity contribution in [1.82, 2.24) is 24.8 Å². The number of carboxylic acid groups (broad SMARTS) is 1. The Morgan fingerprint density at radius 3 is 1.92 bits per heavy atom. The lowest BCUT2D eigenvalue weighted by molar-refractivity contribution is -0.139. The monoisotopic (exact) mass is 833 g/mol. The molecule has 6 rings (SSSR count). The molecule has 0 saturated carbocycles. The van der Waals surface area contributed by atoms with Gasteiger partial charge in [0.2, 0.25) is 11.8 Å². The number of carboxylic acids is 1. The maximum Gasteiger partial charge on any atom is 0.303 e. The molecule has 60 heavy (non-hydrogen) atoms. The van der Waals surface area contributed by atoms with Gasteiger partial charge in [0, 0.05) is 65.5 Å². The normalized spacial score (nSPS) is 15.4. The Labute approximate surface area is 355 Å². The van der Waals surface area contributed by atoms with Gasteiger partial charge >= 0.3 is 5.97 Å². The van der Waals surface area contributed by atoms with E-state index in [1.54, 1.807) is 0 Å². The van der Waals surface area contributed by atoms with Gasteiger partial charge in [0.05, 0.1) is 54.4 Å². The van der Waals surface area contributed by atoms with Crippen LogP contribution in [0.5, 0.6) is 0 Å². The molecule has 316 valence electrons. The van der Waals surface area contributed by atoms with Crippen molar-refractivity contribution in [1.29, 1.82) is 0 Å². The van der Waals surface area contributed by atoms with E-state index in [-0.39, 0.29) is 48.8 Å². The molecule has 2 amide bonds. The molecule has 0 aliphatic carbocycles. The summed E-state index contributed by atoms with van der Waals surface area (Å²) in [6.45, 7) is 19.8. The molecule has 3 aliphatic heterocycles. The molecule has 1 atom stereocenters. The number of H-pyrrole nitrogens is 2. The lowest BCUT2D eigenvalue weighted by atomic mass is 9.97. The van der Waals surface area contributed by atoms with E-state index in [4.69, 9.17) is 19.4 Å². The number of aliphatic carboxylic acids is 1. The van der Waals surface area contributed by atoms with Crippen LogP contribution in [0.15, 0.2) is 37.4 Å². The molecule has 13 heteroatoms. The summed E-state index contributed by atoms with van der Waals surface area (Å²) >= 11 is 1.50. The maximum atomic E-state index is 13.2. The molecule has 3 aromatic heterocycles. The Balaban J connectivity index is 1.19. The van der Waals surface area contributed by atoms with Gasteiger partial charge in [-0.05, 0) is 110 Å². The van der Waals surface area contributed by atoms with E-state index in [0.29, 0.717) is 63.3 Å². The van der Waals surface area contributed by atoms with Crippen molar-refractivity contribution in [3.63, 3.8) is 0 Å². The summed E-state index contributed by atoms with van der Waals surface area (Å²) in [6, 6.07) is 8.04. The van der Waals surface area contributed by atoms with Crippen LogP contribution in [0.2, 0.25) is 0 Å². The number of rotatable bonds is 20. The lowest BCUT2D eigenvalue weighted by Crippen LogP contribution is -2.34. The number of ketones is 1. The SMILES string of the molecule is C=Cc1c(C)c2cc3[nH]c(cc4nc(cc5nc(cc1[nH]2)C(C)=C5CCC(=O)CCCOCCOCCN1C(=O)CC(SCC)C1=O)C(CCC(=O)O)=C4C)c(C)c3C=C. The number of hydrogen-bond donors (Lipinski definition) is 3. The van der Waals surface area contributed by atoms with Crippen LogP contribution >= 0.6 is 11.8 Å². The number of nitrogens with one attached hydrogen (secondary N) is 2. The molecule has 3 aromatic rings. The van der Waals surface area contributed by atoms with Crippen LogP contribution in [0, 0.1) is 13.8 Å². The number of likely N-dealkylation sites (tertiary alicyclic amines) is 1. The van der Waals surface area contributed by atoms with Crippen molar-refractivity contribution in [3.8, 4) is 0 Å². The van der Waals surface area contributed by atoms with Crippen molar-refractivity contribution in [2.24, 2.45) is 0 Å². The van der Waals surface area contributed by atoms with Gasteiger partial charge in [-0.3, -0.25) is 24.1 Å². The van der Waals surface area contributed by atoms with Crippen LogP contribution in [0.1, 0.15) is 111 Å². The Hall–Kier alpha value is -5.37. The number of amides is 2. The molecular weight excluding hydrogens is 779 g/mol. The highest BCUT2D eigenvalue weighted by Gasteiger charge is 2.38. The number of ether oxygens (including phenoxy) is 2. The zero-order valence-corrected chi connectivity index (χ0v) is 36.1. The molecule has 12 nitrogen and oxygen atoms in total. The number of carbonyl (C=O) groups is 4. The van der Waals surface area contributed by atoms with E-state index in [0.717, 1.165) is 83.8 Å². The summed E-state index contributed by atoms with van der Waals surface area (Å²) in [6.07, 6.45) is 5.92. The number of Topliss-reactive ketones (excluding diaryl/α,β-unsaturated/α-hetero) is 1. The Kier molecular flexibility index (Phi) is 14.6. The number of fused-ring (bicyclic) bond motifs is 8. The zero-order chi connectivity index (χ0) is 43.1. The lowest BCUT2D eigenvalue weighted by Gasteiger charge is -2.14. The molecule has 3 aliphatic rings. The summed E-state index contributed by atoms with van der Waals surface area (Å²) in [4.78, 5) is 68.2. The number of thioether (sulfide) groups is 1. The van der Waals surface area contributed by atoms with Crippen LogP contribution in [0.4, 0.5) is 0 Å². The second-order valence-electron chi connectivity index (χ2n) is 15.2. The van der Waals surface area contributed by atoms with Gasteiger partial charge < -0.3 is 24.5 Å². The molecule has 6 heterocycles. The van der Waals surface area contributed by atoms with Crippen LogP contribution in [-0.4, -0.2) is 97.5 Å². The second-order valence-corrected chi connectivity index (χ2v) is 16.7. The Bertz CT molecular complexity index is 2460. The molecule has 3 N–H and O–H groups in total. The van der Waals surface area contributed by atoms with Gasteiger partial charge in [-0.15, -0.1) is 11.8 Å². The molecule has 0 spiro atoms. The third-order valence-corrected chi connectivity index (χ3v) is 12.5. The number of hydrogen-bond acceptors (Lipinski definition) is 9. The molecule has 0 aromatic carbocycles. The quantitative estimate of drug-likeness (QED) is 0.0738. The highest BCUT2D eigenvalue weighted by atomic mass is 32.2. The minimum atomic E-state index is -0.887. The fourth-order valence-corrected chi connectivity index (χ4v) is 8.93. The van der Waals surface area contributed by atoms with Crippen molar-refractivity contribution in [2.75, 3.05) is 38.7 Å². The van der Waals surface area contributed by atoms with Crippen LogP contribution in [0.3, 0.4) is 0 Å². The van der Waals surface area contributed by atoms with E-state index >= 15 is 0 Å². The zero-order valence-electron chi connectivity index (χ0n) is 35.3. The molecule has 1 saturated heterocycles. The number of nitrogens with zero attached hydrogens (tertiary/aromatic N) is 3. The van der Waals surface area contributed by atoms with Gasteiger partial charge in [-0.1, -0.05) is 32.2 Å². The summed E-state index contributed by atoms with van der Waals surface area (Å²) < 4.78 is 11.3. The highest BCUT2D eigenvalue weighted by molar-refractivity contribution is 8.00. The minimum Gasteiger partial charge on any atom is -0.481 e. The summed E-state index contributed by atoms with van der Waals surface area (Å²) in [7, 11) is 0. The second kappa shape index (κ2) is 19.8. The average molecular weight is 834 g/mol. The molecule has 1 unspecified atom stereocenters. The summed E-state index contributed by atoms with van der Waals surface area (Å²) in [5.41, 5.74) is 14.1. The number of carbonyl (C=O) groups excluding carboxylic acids is 3. The van der Waals surface area contributed by atoms with Crippen molar-refractivity contribution in [3.05, 3.63) is 82.5 Å². The van der Waals surface area contributed by atoms with Gasteiger partial charge in [0.25, 0.3) is 0 Å². The van der Waals surface area contributed by atoms with Gasteiger partial charge in [-0.25, -0.2) is 9.97 Å². The molecule has 1 fully saturated rings. The van der Waals surface area contributed by atoms with Gasteiger partial charge in [0.15, 0.2) is 0 Å². The molecule has 8 bridgehead atoms. The first-order valence-electron chi connectivity index (χ1n) is 20.6. The smallest absolute Gasteiger partial charge is 0.303 e. The van der Waals surface area contributed by atoms with E-state index in [2.05, 4.69) is 36.1 Å². The summed E-state index contributed by atoms with van der Waals surface area (Å²) in [5.74, 6) is -0.274. The van der Waals surface area contributed by atoms with Gasteiger partial charge in [-0.2, -0.15) is 0 Å². The largest absolute Gasteiger partial charge is 0.481 e. The average Bonchev–Trinajstić information content (AvgIpc) is 3.94. The number of aromatic nitrogens is 4. The number of aryl methyl sites for hydroxylation is 2. The predicted molar refractivity (Wildman–Crippen MR) is 241 cm³/mol. The third kappa shape index (κ3) is 9.80. The van der Waals surface area contributed by atoms with Crippen LogP contribution < -0.4 is 0 Å². The van der Waals surface area contributed by atoms with Crippen molar-refractivity contribution < 1.29 is 33.8 Å². The van der Waals surface area contributed by atoms with Gasteiger partial charge in [0.1, 0.15) is 5.78 Å². The Morgan fingerprint density at radius 2 is 1.33 bits per heavy atom. The van der Waals surface area contributed by atoms with E-state index < -0.39 is 5.97 Å². The van der Waals surface area contributed by atoms with E-state index in [9.17, 15) is 24.3 Å². The minimum absolute atomic E-state index is 0.0424. The Morgan fingerprint density at radius 1 is 0.783 bits per heavy atom. The molecular formula is C47H55N5O7S. The number of imide groups is 1. The van der Waals surface area contributed by atoms with Crippen LogP contribution in [0.25, 0.3) is 56.5 Å². The fourth-order valence-electron chi connectivity index (χ4n) is 7.99. The number of aromatic amines is 2. The molecule has 0 radical (unpaired) electrons. The fraction of sp³-hybridized carbons (Fsp3) is 0.404. The van der Waals surface area contributed by atoms with Crippen molar-refractivity contribution in [2.45, 2.75) is 84.8 Å². The first kappa shape index (κ1) is 44.2. The first-order chi connectivity index (χ1) is 28.8. The number of allylic oxidation sites excluding steroid dienone is 4. The maximum absolute atomic E-state index is 13.2. The van der Waals surface area contributed by atoms with E-state index in [1.165, 1.54) is 16.7 Å². The standard InChI is InChI=1S/C47H55N5O7S/c1-8-32-27(4)36-22-37-30(7)35(15-16-46(55)56)43(50-37)25-42-34(29(6)39(51-42)24-41-33(9-2)28(5)38(49-41)23-40(32)48-36)14-13-31(53)12-11-18-58-20-21-59-19-17-52-45(54)26-44(47(52)57)60-10-3/h8-9,22-25,44,48-49H,1-2,10-21,26H2,3-7H3,(H,55,56). The van der Waals surface area contributed by atoms with E-state index in [1.807, 2.05) is 58.0 Å². The third-order valence-electron chi connectivity index (χ3n) is 11.4. The van der Waals surface area contributed by atoms with Crippen LogP contribution in [-0.2, 0) is 28.7 Å². The van der Waals surface area contributed by atoms with Crippen molar-refractivity contribution >= 4 is 91.8 Å².